The Morgan fingerprint density at radius 1 is 1.25 bits per heavy atom. The maximum atomic E-state index is 12.4. The molecule has 2 saturated heterocycles. The topological polar surface area (TPSA) is 70.7 Å². The number of carbonyl (C=O) groups excluding carboxylic acids is 2. The third-order valence-corrected chi connectivity index (χ3v) is 4.57. The van der Waals surface area contributed by atoms with Crippen LogP contribution in [0.4, 0.5) is 5.69 Å². The number of nitrogens with one attached hydrogen (secondary N) is 2. The van der Waals surface area contributed by atoms with Crippen LogP contribution < -0.4 is 10.6 Å². The molecule has 0 bridgehead atoms. The standard InChI is InChI=1S/C18H25N3O3/c1-21-9-3-7-15(12-21)20-17(22)13-5-2-6-14(11-13)19-18(23)16-8-4-10-24-16/h2,5-6,11,15-16H,3-4,7-10,12H2,1H3,(H,19,23)(H,20,22)/t15-,16+/m0/s1. The fourth-order valence-corrected chi connectivity index (χ4v) is 3.30. The van der Waals surface area contributed by atoms with Gasteiger partial charge >= 0.3 is 0 Å². The monoisotopic (exact) mass is 331 g/mol. The molecule has 130 valence electrons. The predicted molar refractivity (Wildman–Crippen MR) is 92.0 cm³/mol. The van der Waals surface area contributed by atoms with Crippen molar-refractivity contribution in [3.05, 3.63) is 29.8 Å². The van der Waals surface area contributed by atoms with Crippen LogP contribution in [0.25, 0.3) is 0 Å². The van der Waals surface area contributed by atoms with E-state index < -0.39 is 0 Å². The molecule has 3 rings (SSSR count). The zero-order valence-corrected chi connectivity index (χ0v) is 14.1. The van der Waals surface area contributed by atoms with E-state index in [1.807, 2.05) is 0 Å². The van der Waals surface area contributed by atoms with Gasteiger partial charge in [0.2, 0.25) is 0 Å². The summed E-state index contributed by atoms with van der Waals surface area (Å²) in [5.74, 6) is -0.234. The number of piperidine rings is 1. The molecule has 2 aliphatic heterocycles. The summed E-state index contributed by atoms with van der Waals surface area (Å²) in [4.78, 5) is 26.8. The van der Waals surface area contributed by atoms with Gasteiger partial charge in [-0.2, -0.15) is 0 Å². The van der Waals surface area contributed by atoms with Gasteiger partial charge < -0.3 is 20.3 Å². The molecule has 2 fully saturated rings. The molecule has 0 aliphatic carbocycles. The van der Waals surface area contributed by atoms with Crippen LogP contribution >= 0.6 is 0 Å². The molecule has 2 aliphatic rings. The van der Waals surface area contributed by atoms with Crippen LogP contribution in [0.3, 0.4) is 0 Å². The molecule has 0 unspecified atom stereocenters. The first-order chi connectivity index (χ1) is 11.6. The average Bonchev–Trinajstić information content (AvgIpc) is 3.10. The van der Waals surface area contributed by atoms with E-state index in [9.17, 15) is 9.59 Å². The van der Waals surface area contributed by atoms with Crippen molar-refractivity contribution in [1.82, 2.24) is 10.2 Å². The normalized spacial score (nSPS) is 24.5. The van der Waals surface area contributed by atoms with Crippen LogP contribution in [0.15, 0.2) is 24.3 Å². The van der Waals surface area contributed by atoms with Gasteiger partial charge in [-0.05, 0) is 57.5 Å². The van der Waals surface area contributed by atoms with E-state index in [1.54, 1.807) is 24.3 Å². The van der Waals surface area contributed by atoms with Crippen molar-refractivity contribution in [3.8, 4) is 0 Å². The quantitative estimate of drug-likeness (QED) is 0.880. The van der Waals surface area contributed by atoms with Gasteiger partial charge in [-0.15, -0.1) is 0 Å². The Kier molecular flexibility index (Phi) is 5.48. The number of carbonyl (C=O) groups is 2. The van der Waals surface area contributed by atoms with Crippen molar-refractivity contribution in [2.75, 3.05) is 32.1 Å². The molecule has 6 heteroatoms. The molecule has 0 saturated carbocycles. The smallest absolute Gasteiger partial charge is 0.253 e. The summed E-state index contributed by atoms with van der Waals surface area (Å²) in [6, 6.07) is 7.24. The third kappa shape index (κ3) is 4.33. The van der Waals surface area contributed by atoms with E-state index in [2.05, 4.69) is 22.6 Å². The van der Waals surface area contributed by atoms with E-state index in [0.29, 0.717) is 17.9 Å². The molecular formula is C18H25N3O3. The molecule has 6 nitrogen and oxygen atoms in total. The summed E-state index contributed by atoms with van der Waals surface area (Å²) in [7, 11) is 2.07. The maximum absolute atomic E-state index is 12.4. The van der Waals surface area contributed by atoms with E-state index in [0.717, 1.165) is 38.8 Å². The Balaban J connectivity index is 1.59. The molecule has 0 spiro atoms. The van der Waals surface area contributed by atoms with Crippen LogP contribution in [-0.2, 0) is 9.53 Å². The molecule has 2 amide bonds. The fourth-order valence-electron chi connectivity index (χ4n) is 3.30. The SMILES string of the molecule is CN1CCC[C@H](NC(=O)c2cccc(NC(=O)[C@H]3CCCO3)c2)C1. The lowest BCUT2D eigenvalue weighted by Gasteiger charge is -2.30. The average molecular weight is 331 g/mol. The Morgan fingerprint density at radius 3 is 2.88 bits per heavy atom. The lowest BCUT2D eigenvalue weighted by atomic mass is 10.1. The minimum absolute atomic E-state index is 0.0940. The van der Waals surface area contributed by atoms with Gasteiger partial charge in [-0.25, -0.2) is 0 Å². The number of rotatable bonds is 4. The maximum Gasteiger partial charge on any atom is 0.253 e. The van der Waals surface area contributed by atoms with Crippen LogP contribution in [0.2, 0.25) is 0 Å². The summed E-state index contributed by atoms with van der Waals surface area (Å²) < 4.78 is 5.38. The molecule has 0 radical (unpaired) electrons. The Hall–Kier alpha value is -1.92. The highest BCUT2D eigenvalue weighted by Gasteiger charge is 2.24. The van der Waals surface area contributed by atoms with Crippen molar-refractivity contribution < 1.29 is 14.3 Å². The van der Waals surface area contributed by atoms with Crippen molar-refractivity contribution >= 4 is 17.5 Å². The van der Waals surface area contributed by atoms with Crippen molar-refractivity contribution in [2.45, 2.75) is 37.8 Å². The van der Waals surface area contributed by atoms with Gasteiger partial charge in [-0.3, -0.25) is 9.59 Å². The lowest BCUT2D eigenvalue weighted by Crippen LogP contribution is -2.46. The first-order valence-electron chi connectivity index (χ1n) is 8.64. The molecular weight excluding hydrogens is 306 g/mol. The minimum Gasteiger partial charge on any atom is -0.368 e. The summed E-state index contributed by atoms with van der Waals surface area (Å²) in [6.45, 7) is 2.59. The largest absolute Gasteiger partial charge is 0.368 e. The fraction of sp³-hybridized carbons (Fsp3) is 0.556. The number of likely N-dealkylation sites (tertiary alicyclic amines) is 1. The number of likely N-dealkylation sites (N-methyl/N-ethyl adjacent to an activating group) is 1. The lowest BCUT2D eigenvalue weighted by molar-refractivity contribution is -0.124. The number of nitrogens with zero attached hydrogens (tertiary/aromatic N) is 1. The summed E-state index contributed by atoms with van der Waals surface area (Å²) in [6.07, 6.45) is 3.39. The Labute approximate surface area is 142 Å². The number of ether oxygens (including phenoxy) is 1. The molecule has 0 aromatic heterocycles. The molecule has 1 aromatic carbocycles. The number of benzene rings is 1. The molecule has 2 N–H and O–H groups in total. The first-order valence-corrected chi connectivity index (χ1v) is 8.64. The molecule has 2 heterocycles. The molecule has 2 atom stereocenters. The second-order valence-electron chi connectivity index (χ2n) is 6.65. The van der Waals surface area contributed by atoms with Crippen molar-refractivity contribution in [3.63, 3.8) is 0 Å². The number of anilines is 1. The Morgan fingerprint density at radius 2 is 2.12 bits per heavy atom. The summed E-state index contributed by atoms with van der Waals surface area (Å²) in [5, 5.41) is 5.92. The minimum atomic E-state index is -0.375. The number of amides is 2. The second-order valence-corrected chi connectivity index (χ2v) is 6.65. The zero-order valence-electron chi connectivity index (χ0n) is 14.1. The summed E-state index contributed by atoms with van der Waals surface area (Å²) >= 11 is 0. The molecule has 1 aromatic rings. The van der Waals surface area contributed by atoms with E-state index in [1.165, 1.54) is 0 Å². The van der Waals surface area contributed by atoms with Gasteiger partial charge in [0.15, 0.2) is 0 Å². The third-order valence-electron chi connectivity index (χ3n) is 4.57. The van der Waals surface area contributed by atoms with Crippen LogP contribution in [0.1, 0.15) is 36.0 Å². The van der Waals surface area contributed by atoms with Crippen molar-refractivity contribution in [2.24, 2.45) is 0 Å². The highest BCUT2D eigenvalue weighted by molar-refractivity contribution is 5.98. The van der Waals surface area contributed by atoms with Crippen LogP contribution in [0.5, 0.6) is 0 Å². The molecule has 24 heavy (non-hydrogen) atoms. The number of hydrogen-bond acceptors (Lipinski definition) is 4. The van der Waals surface area contributed by atoms with E-state index in [-0.39, 0.29) is 24.0 Å². The van der Waals surface area contributed by atoms with E-state index in [4.69, 9.17) is 4.74 Å². The zero-order chi connectivity index (χ0) is 16.9. The van der Waals surface area contributed by atoms with Crippen molar-refractivity contribution in [1.29, 1.82) is 0 Å². The van der Waals surface area contributed by atoms with Crippen LogP contribution in [0, 0.1) is 0 Å². The second kappa shape index (κ2) is 7.77. The van der Waals surface area contributed by atoms with Gasteiger partial charge in [0.25, 0.3) is 11.8 Å². The van der Waals surface area contributed by atoms with Crippen LogP contribution in [-0.4, -0.2) is 55.6 Å². The predicted octanol–water partition coefficient (Wildman–Crippen LogP) is 1.63. The first kappa shape index (κ1) is 16.9. The van der Waals surface area contributed by atoms with Gasteiger partial charge in [-0.1, -0.05) is 6.07 Å². The summed E-state index contributed by atoms with van der Waals surface area (Å²) in [5.41, 5.74) is 1.19. The van der Waals surface area contributed by atoms with E-state index >= 15 is 0 Å². The van der Waals surface area contributed by atoms with Gasteiger partial charge in [0.05, 0.1) is 0 Å². The number of hydrogen-bond donors (Lipinski definition) is 2. The van der Waals surface area contributed by atoms with Gasteiger partial charge in [0.1, 0.15) is 6.10 Å². The highest BCUT2D eigenvalue weighted by atomic mass is 16.5. The Bertz CT molecular complexity index is 599. The van der Waals surface area contributed by atoms with Gasteiger partial charge in [0, 0.05) is 30.4 Å². The highest BCUT2D eigenvalue weighted by Crippen LogP contribution is 2.17.